The van der Waals surface area contributed by atoms with Crippen LogP contribution in [0, 0.1) is 12.8 Å². The molecule has 0 aliphatic rings. The molecule has 0 aliphatic heterocycles. The van der Waals surface area contributed by atoms with Crippen molar-refractivity contribution in [3.8, 4) is 0 Å². The number of thiazole rings is 1. The van der Waals surface area contributed by atoms with E-state index in [1.165, 1.54) is 0 Å². The lowest BCUT2D eigenvalue weighted by atomic mass is 10.1. The summed E-state index contributed by atoms with van der Waals surface area (Å²) in [6.45, 7) is 6.95. The summed E-state index contributed by atoms with van der Waals surface area (Å²) in [4.78, 5) is 9.10. The van der Waals surface area contributed by atoms with E-state index in [4.69, 9.17) is 5.11 Å². The lowest BCUT2D eigenvalue weighted by Gasteiger charge is -2.03. The van der Waals surface area contributed by atoms with E-state index < -0.39 is 0 Å². The predicted molar refractivity (Wildman–Crippen MR) is 79.9 cm³/mol. The molecule has 110 valence electrons. The Balaban J connectivity index is 2.16. The molecule has 0 saturated heterocycles. The van der Waals surface area contributed by atoms with Gasteiger partial charge in [0.1, 0.15) is 5.82 Å². The third-order valence-corrected chi connectivity index (χ3v) is 4.16. The fourth-order valence-electron chi connectivity index (χ4n) is 2.02. The molecule has 6 heteroatoms. The van der Waals surface area contributed by atoms with Gasteiger partial charge >= 0.3 is 0 Å². The van der Waals surface area contributed by atoms with Crippen LogP contribution in [0.15, 0.2) is 5.38 Å². The maximum absolute atomic E-state index is 9.15. The average Bonchev–Trinajstić information content (AvgIpc) is 2.98. The SMILES string of the molecule is CCC(C)Cc1nc(Cc2csc(C)n2)n(CCO)n1. The Hall–Kier alpha value is -1.27. The van der Waals surface area contributed by atoms with Gasteiger partial charge in [-0.2, -0.15) is 5.10 Å². The van der Waals surface area contributed by atoms with Gasteiger partial charge in [-0.15, -0.1) is 11.3 Å². The topological polar surface area (TPSA) is 63.8 Å². The van der Waals surface area contributed by atoms with Gasteiger partial charge in [0, 0.05) is 11.8 Å². The van der Waals surface area contributed by atoms with Crippen molar-refractivity contribution in [1.29, 1.82) is 0 Å². The zero-order valence-corrected chi connectivity index (χ0v) is 13.2. The summed E-state index contributed by atoms with van der Waals surface area (Å²) >= 11 is 1.65. The van der Waals surface area contributed by atoms with Crippen molar-refractivity contribution in [3.63, 3.8) is 0 Å². The summed E-state index contributed by atoms with van der Waals surface area (Å²) in [5, 5.41) is 16.8. The molecule has 5 nitrogen and oxygen atoms in total. The first kappa shape index (κ1) is 15.1. The molecule has 0 aliphatic carbocycles. The molecule has 1 N–H and O–H groups in total. The van der Waals surface area contributed by atoms with Crippen LogP contribution in [0.4, 0.5) is 0 Å². The van der Waals surface area contributed by atoms with Crippen molar-refractivity contribution in [2.45, 2.75) is 46.6 Å². The third kappa shape index (κ3) is 3.86. The number of hydrogen-bond donors (Lipinski definition) is 1. The highest BCUT2D eigenvalue weighted by Crippen LogP contribution is 2.14. The molecule has 0 saturated carbocycles. The Morgan fingerprint density at radius 2 is 2.20 bits per heavy atom. The largest absolute Gasteiger partial charge is 0.394 e. The van der Waals surface area contributed by atoms with E-state index in [1.807, 2.05) is 11.6 Å². The number of nitrogens with zero attached hydrogens (tertiary/aromatic N) is 4. The molecule has 2 rings (SSSR count). The maximum Gasteiger partial charge on any atom is 0.151 e. The number of aliphatic hydroxyl groups excluding tert-OH is 1. The molecule has 20 heavy (non-hydrogen) atoms. The van der Waals surface area contributed by atoms with E-state index >= 15 is 0 Å². The first-order valence-corrected chi connectivity index (χ1v) is 7.94. The molecular formula is C14H22N4OS. The van der Waals surface area contributed by atoms with Gasteiger partial charge in [0.25, 0.3) is 0 Å². The minimum atomic E-state index is 0.0786. The van der Waals surface area contributed by atoms with Crippen molar-refractivity contribution in [1.82, 2.24) is 19.7 Å². The second-order valence-corrected chi connectivity index (χ2v) is 6.21. The Morgan fingerprint density at radius 1 is 1.40 bits per heavy atom. The Morgan fingerprint density at radius 3 is 2.80 bits per heavy atom. The number of rotatable bonds is 7. The summed E-state index contributed by atoms with van der Waals surface area (Å²) in [6.07, 6.45) is 2.69. The van der Waals surface area contributed by atoms with Gasteiger partial charge in [0.2, 0.25) is 0 Å². The minimum absolute atomic E-state index is 0.0786. The maximum atomic E-state index is 9.15. The van der Waals surface area contributed by atoms with E-state index in [1.54, 1.807) is 11.3 Å². The third-order valence-electron chi connectivity index (χ3n) is 3.34. The standard InChI is InChI=1S/C14H22N4OS/c1-4-10(2)7-13-16-14(18(17-13)5-6-19)8-12-9-20-11(3)15-12/h9-10,19H,4-8H2,1-3H3. The van der Waals surface area contributed by atoms with E-state index in [9.17, 15) is 0 Å². The normalized spacial score (nSPS) is 12.8. The average molecular weight is 294 g/mol. The molecule has 0 fully saturated rings. The molecule has 2 heterocycles. The van der Waals surface area contributed by atoms with Crippen LogP contribution < -0.4 is 0 Å². The minimum Gasteiger partial charge on any atom is -0.394 e. The molecule has 0 bridgehead atoms. The zero-order valence-electron chi connectivity index (χ0n) is 12.3. The first-order valence-electron chi connectivity index (χ1n) is 7.06. The van der Waals surface area contributed by atoms with Gasteiger partial charge in [-0.1, -0.05) is 20.3 Å². The van der Waals surface area contributed by atoms with Crippen LogP contribution in [0.25, 0.3) is 0 Å². The Labute approximate surface area is 123 Å². The van der Waals surface area contributed by atoms with Crippen molar-refractivity contribution >= 4 is 11.3 Å². The second-order valence-electron chi connectivity index (χ2n) is 5.14. The van der Waals surface area contributed by atoms with Crippen LogP contribution in [0.2, 0.25) is 0 Å². The summed E-state index contributed by atoms with van der Waals surface area (Å²) in [7, 11) is 0. The number of aromatic nitrogens is 4. The molecule has 1 atom stereocenters. The van der Waals surface area contributed by atoms with E-state index in [-0.39, 0.29) is 6.61 Å². The van der Waals surface area contributed by atoms with Crippen LogP contribution >= 0.6 is 11.3 Å². The fourth-order valence-corrected chi connectivity index (χ4v) is 2.64. The van der Waals surface area contributed by atoms with E-state index in [0.29, 0.717) is 18.9 Å². The van der Waals surface area contributed by atoms with Crippen LogP contribution in [-0.4, -0.2) is 31.5 Å². The van der Waals surface area contributed by atoms with Gasteiger partial charge in [0.05, 0.1) is 30.3 Å². The van der Waals surface area contributed by atoms with Crippen molar-refractivity contribution in [2.24, 2.45) is 5.92 Å². The monoisotopic (exact) mass is 294 g/mol. The zero-order chi connectivity index (χ0) is 14.5. The van der Waals surface area contributed by atoms with Gasteiger partial charge in [-0.3, -0.25) is 0 Å². The lowest BCUT2D eigenvalue weighted by molar-refractivity contribution is 0.267. The molecule has 0 spiro atoms. The predicted octanol–water partition coefficient (Wildman–Crippen LogP) is 2.21. The number of aliphatic hydroxyl groups is 1. The summed E-state index contributed by atoms with van der Waals surface area (Å²) < 4.78 is 1.81. The van der Waals surface area contributed by atoms with Crippen molar-refractivity contribution in [3.05, 3.63) is 27.7 Å². The Kier molecular flexibility index (Phi) is 5.25. The van der Waals surface area contributed by atoms with Gasteiger partial charge in [-0.05, 0) is 12.8 Å². The van der Waals surface area contributed by atoms with Crippen LogP contribution in [-0.2, 0) is 19.4 Å². The number of aryl methyl sites for hydroxylation is 1. The first-order chi connectivity index (χ1) is 9.62. The molecule has 0 radical (unpaired) electrons. The lowest BCUT2D eigenvalue weighted by Crippen LogP contribution is -2.09. The molecule has 1 unspecified atom stereocenters. The highest BCUT2D eigenvalue weighted by molar-refractivity contribution is 7.09. The van der Waals surface area contributed by atoms with Crippen molar-refractivity contribution < 1.29 is 5.11 Å². The fraction of sp³-hybridized carbons (Fsp3) is 0.643. The highest BCUT2D eigenvalue weighted by atomic mass is 32.1. The quantitative estimate of drug-likeness (QED) is 0.850. The molecule has 2 aromatic heterocycles. The summed E-state index contributed by atoms with van der Waals surface area (Å²) in [5.41, 5.74) is 1.02. The van der Waals surface area contributed by atoms with Crippen LogP contribution in [0.5, 0.6) is 0 Å². The van der Waals surface area contributed by atoms with Gasteiger partial charge in [-0.25, -0.2) is 14.6 Å². The van der Waals surface area contributed by atoms with E-state index in [2.05, 4.69) is 34.3 Å². The van der Waals surface area contributed by atoms with Crippen LogP contribution in [0.3, 0.4) is 0 Å². The molecule has 0 amide bonds. The highest BCUT2D eigenvalue weighted by Gasteiger charge is 2.13. The number of hydrogen-bond acceptors (Lipinski definition) is 5. The molecular weight excluding hydrogens is 272 g/mol. The summed E-state index contributed by atoms with van der Waals surface area (Å²) in [5.74, 6) is 2.34. The molecule has 2 aromatic rings. The molecule has 0 aromatic carbocycles. The van der Waals surface area contributed by atoms with E-state index in [0.717, 1.165) is 35.2 Å². The second kappa shape index (κ2) is 6.95. The van der Waals surface area contributed by atoms with Crippen LogP contribution in [0.1, 0.15) is 42.6 Å². The van der Waals surface area contributed by atoms with Crippen molar-refractivity contribution in [2.75, 3.05) is 6.61 Å². The van der Waals surface area contributed by atoms with Gasteiger partial charge in [0.15, 0.2) is 5.82 Å². The summed E-state index contributed by atoms with van der Waals surface area (Å²) in [6, 6.07) is 0. The smallest absolute Gasteiger partial charge is 0.151 e. The van der Waals surface area contributed by atoms with Gasteiger partial charge < -0.3 is 5.11 Å². The Bertz CT molecular complexity index is 549.